The highest BCUT2D eigenvalue weighted by molar-refractivity contribution is 5.67. The Bertz CT molecular complexity index is 250. The molecule has 3 atom stereocenters. The van der Waals surface area contributed by atoms with E-state index in [4.69, 9.17) is 14.2 Å². The first kappa shape index (κ1) is 13.0. The summed E-state index contributed by atoms with van der Waals surface area (Å²) in [5.74, 6) is -0.541. The lowest BCUT2D eigenvalue weighted by atomic mass is 10.0. The molecule has 1 unspecified atom stereocenters. The summed E-state index contributed by atoms with van der Waals surface area (Å²) in [7, 11) is 0. The zero-order valence-electron chi connectivity index (χ0n) is 10.1. The molecule has 0 bridgehead atoms. The number of hydrogen-bond acceptors (Lipinski definition) is 5. The standard InChI is InChI=1S/C11H18O5/c1-6(2)9-5-10(14-7(3)12)11(16-9)15-8(4)13/h6,9-11H,5H2,1-4H3/t9-,10+,11?/m0/s1. The Morgan fingerprint density at radius 2 is 1.75 bits per heavy atom. The van der Waals surface area contributed by atoms with Crippen molar-refractivity contribution in [1.29, 1.82) is 0 Å². The monoisotopic (exact) mass is 230 g/mol. The lowest BCUT2D eigenvalue weighted by Gasteiger charge is -2.17. The molecule has 1 rings (SSSR count). The third-order valence-corrected chi connectivity index (χ3v) is 2.42. The average Bonchev–Trinajstić information content (AvgIpc) is 2.46. The Hall–Kier alpha value is -1.10. The van der Waals surface area contributed by atoms with E-state index in [1.807, 2.05) is 13.8 Å². The largest absolute Gasteiger partial charge is 0.456 e. The minimum atomic E-state index is -0.770. The number of carbonyl (C=O) groups excluding carboxylic acids is 2. The third-order valence-electron chi connectivity index (χ3n) is 2.42. The molecule has 1 aliphatic heterocycles. The SMILES string of the molecule is CC(=O)OC1O[C@H](C(C)C)C[C@H]1OC(C)=O. The number of rotatable bonds is 3. The van der Waals surface area contributed by atoms with Crippen molar-refractivity contribution >= 4 is 11.9 Å². The molecule has 0 aromatic carbocycles. The van der Waals surface area contributed by atoms with Gasteiger partial charge in [-0.3, -0.25) is 9.59 Å². The fourth-order valence-electron chi connectivity index (χ4n) is 1.67. The van der Waals surface area contributed by atoms with Crippen molar-refractivity contribution in [3.05, 3.63) is 0 Å². The van der Waals surface area contributed by atoms with E-state index in [1.165, 1.54) is 13.8 Å². The Morgan fingerprint density at radius 3 is 2.19 bits per heavy atom. The molecule has 0 aromatic rings. The topological polar surface area (TPSA) is 61.8 Å². The van der Waals surface area contributed by atoms with Crippen molar-refractivity contribution < 1.29 is 23.8 Å². The van der Waals surface area contributed by atoms with Crippen molar-refractivity contribution in [2.75, 3.05) is 0 Å². The highest BCUT2D eigenvalue weighted by Crippen LogP contribution is 2.28. The van der Waals surface area contributed by atoms with Gasteiger partial charge in [0.1, 0.15) is 0 Å². The number of ether oxygens (including phenoxy) is 3. The highest BCUT2D eigenvalue weighted by Gasteiger charge is 2.40. The second kappa shape index (κ2) is 5.30. The van der Waals surface area contributed by atoms with E-state index in [-0.39, 0.29) is 6.10 Å². The van der Waals surface area contributed by atoms with Crippen LogP contribution in [0.25, 0.3) is 0 Å². The maximum atomic E-state index is 10.9. The minimum absolute atomic E-state index is 0.0475. The molecule has 5 nitrogen and oxygen atoms in total. The van der Waals surface area contributed by atoms with E-state index in [1.54, 1.807) is 0 Å². The van der Waals surface area contributed by atoms with Crippen LogP contribution in [0.4, 0.5) is 0 Å². The van der Waals surface area contributed by atoms with Gasteiger partial charge in [0, 0.05) is 20.3 Å². The van der Waals surface area contributed by atoms with Gasteiger partial charge in [-0.05, 0) is 5.92 Å². The highest BCUT2D eigenvalue weighted by atomic mass is 16.7. The van der Waals surface area contributed by atoms with Gasteiger partial charge in [-0.15, -0.1) is 0 Å². The zero-order valence-corrected chi connectivity index (χ0v) is 10.1. The summed E-state index contributed by atoms with van der Waals surface area (Å²) in [5.41, 5.74) is 0. The van der Waals surface area contributed by atoms with Crippen LogP contribution >= 0.6 is 0 Å². The predicted octanol–water partition coefficient (Wildman–Crippen LogP) is 1.25. The van der Waals surface area contributed by atoms with E-state index in [2.05, 4.69) is 0 Å². The summed E-state index contributed by atoms with van der Waals surface area (Å²) in [6.07, 6.45) is -0.744. The van der Waals surface area contributed by atoms with Crippen LogP contribution in [0.15, 0.2) is 0 Å². The predicted molar refractivity (Wildman–Crippen MR) is 55.4 cm³/mol. The van der Waals surface area contributed by atoms with Crippen LogP contribution in [0.5, 0.6) is 0 Å². The lowest BCUT2D eigenvalue weighted by molar-refractivity contribution is -0.195. The number of hydrogen-bond donors (Lipinski definition) is 0. The molecule has 0 aromatic heterocycles. The van der Waals surface area contributed by atoms with Crippen LogP contribution in [0, 0.1) is 5.92 Å². The van der Waals surface area contributed by atoms with Gasteiger partial charge in [-0.2, -0.15) is 0 Å². The molecule has 92 valence electrons. The van der Waals surface area contributed by atoms with Gasteiger partial charge in [-0.25, -0.2) is 0 Å². The molecule has 0 aliphatic carbocycles. The Labute approximate surface area is 95.0 Å². The molecular formula is C11H18O5. The summed E-state index contributed by atoms with van der Waals surface area (Å²) < 4.78 is 15.6. The van der Waals surface area contributed by atoms with Gasteiger partial charge in [0.2, 0.25) is 6.29 Å². The van der Waals surface area contributed by atoms with Crippen molar-refractivity contribution in [3.63, 3.8) is 0 Å². The first-order valence-electron chi connectivity index (χ1n) is 5.40. The van der Waals surface area contributed by atoms with E-state index in [0.717, 1.165) is 0 Å². The van der Waals surface area contributed by atoms with Crippen molar-refractivity contribution in [2.24, 2.45) is 5.92 Å². The van der Waals surface area contributed by atoms with Crippen LogP contribution < -0.4 is 0 Å². The molecule has 1 saturated heterocycles. The molecule has 0 saturated carbocycles. The fraction of sp³-hybridized carbons (Fsp3) is 0.818. The van der Waals surface area contributed by atoms with Crippen LogP contribution in [0.2, 0.25) is 0 Å². The molecule has 5 heteroatoms. The number of carbonyl (C=O) groups is 2. The molecule has 1 aliphatic rings. The van der Waals surface area contributed by atoms with Gasteiger partial charge in [0.25, 0.3) is 0 Å². The van der Waals surface area contributed by atoms with Gasteiger partial charge in [-0.1, -0.05) is 13.8 Å². The van der Waals surface area contributed by atoms with Crippen LogP contribution in [0.1, 0.15) is 34.1 Å². The van der Waals surface area contributed by atoms with E-state index in [9.17, 15) is 9.59 Å². The van der Waals surface area contributed by atoms with Gasteiger partial charge in [0.05, 0.1) is 6.10 Å². The maximum absolute atomic E-state index is 10.9. The lowest BCUT2D eigenvalue weighted by Crippen LogP contribution is -2.30. The van der Waals surface area contributed by atoms with Gasteiger partial charge in [0.15, 0.2) is 6.10 Å². The summed E-state index contributed by atoms with van der Waals surface area (Å²) in [5, 5.41) is 0. The smallest absolute Gasteiger partial charge is 0.305 e. The Kier molecular flexibility index (Phi) is 4.29. The van der Waals surface area contributed by atoms with Crippen LogP contribution in [-0.4, -0.2) is 30.4 Å². The summed E-state index contributed by atoms with van der Waals surface area (Å²) in [6.45, 7) is 6.64. The van der Waals surface area contributed by atoms with Gasteiger partial charge < -0.3 is 14.2 Å². The molecule has 1 heterocycles. The molecular weight excluding hydrogens is 212 g/mol. The summed E-state index contributed by atoms with van der Waals surface area (Å²) in [4.78, 5) is 21.8. The van der Waals surface area contributed by atoms with E-state index < -0.39 is 24.3 Å². The molecule has 0 amide bonds. The van der Waals surface area contributed by atoms with Gasteiger partial charge >= 0.3 is 11.9 Å². The first-order valence-corrected chi connectivity index (χ1v) is 5.40. The Balaban J connectivity index is 2.63. The maximum Gasteiger partial charge on any atom is 0.305 e. The normalized spacial score (nSPS) is 29.2. The third kappa shape index (κ3) is 3.48. The first-order chi connectivity index (χ1) is 7.40. The second-order valence-corrected chi connectivity index (χ2v) is 4.28. The quantitative estimate of drug-likeness (QED) is 0.683. The summed E-state index contributed by atoms with van der Waals surface area (Å²) in [6, 6.07) is 0. The Morgan fingerprint density at radius 1 is 1.19 bits per heavy atom. The zero-order chi connectivity index (χ0) is 12.3. The van der Waals surface area contributed by atoms with E-state index >= 15 is 0 Å². The van der Waals surface area contributed by atoms with Crippen molar-refractivity contribution in [1.82, 2.24) is 0 Å². The minimum Gasteiger partial charge on any atom is -0.456 e. The molecule has 0 N–H and O–H groups in total. The van der Waals surface area contributed by atoms with Crippen LogP contribution in [0.3, 0.4) is 0 Å². The number of esters is 2. The fourth-order valence-corrected chi connectivity index (χ4v) is 1.67. The molecule has 0 radical (unpaired) electrons. The second-order valence-electron chi connectivity index (χ2n) is 4.28. The average molecular weight is 230 g/mol. The molecule has 1 fully saturated rings. The van der Waals surface area contributed by atoms with Crippen molar-refractivity contribution in [2.45, 2.75) is 52.6 Å². The van der Waals surface area contributed by atoms with Crippen LogP contribution in [-0.2, 0) is 23.8 Å². The summed E-state index contributed by atoms with van der Waals surface area (Å²) >= 11 is 0. The molecule has 0 spiro atoms. The van der Waals surface area contributed by atoms with Crippen molar-refractivity contribution in [3.8, 4) is 0 Å². The molecule has 16 heavy (non-hydrogen) atoms. The van der Waals surface area contributed by atoms with E-state index in [0.29, 0.717) is 12.3 Å².